The average Bonchev–Trinajstić information content (AvgIpc) is 3.17. The Bertz CT molecular complexity index is 1000. The molecule has 9 nitrogen and oxygen atoms in total. The second-order valence-electron chi connectivity index (χ2n) is 14.9. The zero-order valence-corrected chi connectivity index (χ0v) is 36.3. The molecule has 0 aromatic heterocycles. The van der Waals surface area contributed by atoms with Crippen LogP contribution in [0.2, 0.25) is 0 Å². The van der Waals surface area contributed by atoms with Crippen LogP contribution in [0, 0.1) is 0 Å². The molecule has 0 aromatic carbocycles. The van der Waals surface area contributed by atoms with Gasteiger partial charge < -0.3 is 20.1 Å². The van der Waals surface area contributed by atoms with Crippen LogP contribution in [-0.2, 0) is 32.7 Å². The van der Waals surface area contributed by atoms with Gasteiger partial charge in [-0.2, -0.15) is 0 Å². The molecule has 0 fully saturated rings. The maximum Gasteiger partial charge on any atom is 0.472 e. The molecule has 0 radical (unpaired) electrons. The zero-order valence-electron chi connectivity index (χ0n) is 35.4. The number of hydrogen-bond acceptors (Lipinski definition) is 8. The number of allylic oxidation sites excluding steroid dienone is 6. The molecule has 322 valence electrons. The SMILES string of the molecule is CCCC/C=C/CCCCCCCC(=O)OC[C@H](COP(=O)(O)OCCN)OC(=O)CCC/C=C/CC/C=C/CCCCCCCCCCCCCCCC. The van der Waals surface area contributed by atoms with Crippen LogP contribution in [-0.4, -0.2) is 49.3 Å². The van der Waals surface area contributed by atoms with Crippen molar-refractivity contribution in [1.29, 1.82) is 0 Å². The second-order valence-corrected chi connectivity index (χ2v) is 16.4. The number of unbranched alkanes of at least 4 members (excludes halogenated alkanes) is 23. The van der Waals surface area contributed by atoms with Gasteiger partial charge in [-0.15, -0.1) is 0 Å². The number of esters is 2. The predicted octanol–water partition coefficient (Wildman–Crippen LogP) is 12.9. The van der Waals surface area contributed by atoms with Crippen LogP contribution in [0.1, 0.15) is 206 Å². The lowest BCUT2D eigenvalue weighted by Crippen LogP contribution is -2.29. The first-order valence-electron chi connectivity index (χ1n) is 22.5. The molecule has 0 aliphatic heterocycles. The van der Waals surface area contributed by atoms with Gasteiger partial charge in [0.25, 0.3) is 0 Å². The van der Waals surface area contributed by atoms with Crippen molar-refractivity contribution in [2.24, 2.45) is 5.73 Å². The predicted molar refractivity (Wildman–Crippen MR) is 229 cm³/mol. The average molecular weight is 798 g/mol. The molecule has 0 spiro atoms. The molecule has 0 rings (SSSR count). The topological polar surface area (TPSA) is 134 Å². The molecule has 0 aliphatic carbocycles. The van der Waals surface area contributed by atoms with E-state index in [1.54, 1.807) is 0 Å². The standard InChI is InChI=1S/C45H84NO8P/c1-3-5-7-9-11-13-15-16-17-18-19-20-21-22-23-24-25-26-28-30-32-34-36-38-45(48)54-43(42-53-55(49,50)52-40-39-46)41-51-44(47)37-35-33-31-29-27-14-12-10-8-6-4-2/h10,12,24-25,30,32,43H,3-9,11,13-23,26-29,31,33-42,46H2,1-2H3,(H,49,50)/b12-10+,25-24+,32-30+/t43-/m1/s1. The van der Waals surface area contributed by atoms with Gasteiger partial charge in [0.1, 0.15) is 6.61 Å². The van der Waals surface area contributed by atoms with Crippen LogP contribution in [0.4, 0.5) is 0 Å². The zero-order chi connectivity index (χ0) is 40.3. The molecule has 0 saturated heterocycles. The van der Waals surface area contributed by atoms with E-state index >= 15 is 0 Å². The molecular weight excluding hydrogens is 713 g/mol. The van der Waals surface area contributed by atoms with E-state index in [4.69, 9.17) is 24.3 Å². The van der Waals surface area contributed by atoms with Crippen LogP contribution in [0.25, 0.3) is 0 Å². The maximum atomic E-state index is 12.6. The van der Waals surface area contributed by atoms with E-state index in [1.165, 1.54) is 103 Å². The van der Waals surface area contributed by atoms with Gasteiger partial charge in [-0.3, -0.25) is 18.6 Å². The number of nitrogens with two attached hydrogens (primary N) is 1. The normalized spacial score (nSPS) is 13.6. The summed E-state index contributed by atoms with van der Waals surface area (Å²) in [6.45, 7) is 3.65. The third-order valence-corrected chi connectivity index (χ3v) is 10.5. The van der Waals surface area contributed by atoms with E-state index in [0.29, 0.717) is 12.8 Å². The quantitative estimate of drug-likeness (QED) is 0.0268. The Morgan fingerprint density at radius 3 is 1.45 bits per heavy atom. The van der Waals surface area contributed by atoms with Crippen molar-refractivity contribution in [3.63, 3.8) is 0 Å². The fraction of sp³-hybridized carbons (Fsp3) is 0.822. The smallest absolute Gasteiger partial charge is 0.462 e. The van der Waals surface area contributed by atoms with Gasteiger partial charge in [0.15, 0.2) is 6.10 Å². The molecule has 0 aliphatic rings. The van der Waals surface area contributed by atoms with Crippen LogP contribution in [0.15, 0.2) is 36.5 Å². The summed E-state index contributed by atoms with van der Waals surface area (Å²) < 4.78 is 32.7. The molecule has 10 heteroatoms. The van der Waals surface area contributed by atoms with Crippen LogP contribution < -0.4 is 5.73 Å². The molecule has 0 aromatic rings. The van der Waals surface area contributed by atoms with Crippen molar-refractivity contribution in [3.8, 4) is 0 Å². The summed E-state index contributed by atoms with van der Waals surface area (Å²) in [6, 6.07) is 0. The number of ether oxygens (including phenoxy) is 2. The van der Waals surface area contributed by atoms with E-state index < -0.39 is 32.5 Å². The van der Waals surface area contributed by atoms with Gasteiger partial charge in [0, 0.05) is 19.4 Å². The molecule has 0 bridgehead atoms. The monoisotopic (exact) mass is 798 g/mol. The van der Waals surface area contributed by atoms with E-state index in [1.807, 2.05) is 0 Å². The summed E-state index contributed by atoms with van der Waals surface area (Å²) >= 11 is 0. The Kier molecular flexibility index (Phi) is 40.5. The number of phosphoric ester groups is 1. The Morgan fingerprint density at radius 1 is 0.527 bits per heavy atom. The van der Waals surface area contributed by atoms with E-state index in [2.05, 4.69) is 50.3 Å². The Balaban J connectivity index is 4.12. The first-order valence-corrected chi connectivity index (χ1v) is 24.0. The number of rotatable bonds is 42. The lowest BCUT2D eigenvalue weighted by molar-refractivity contribution is -0.161. The van der Waals surface area contributed by atoms with Gasteiger partial charge in [-0.05, 0) is 64.2 Å². The van der Waals surface area contributed by atoms with Crippen LogP contribution >= 0.6 is 7.82 Å². The Labute approximate surface area is 337 Å². The van der Waals surface area contributed by atoms with Gasteiger partial charge in [0.2, 0.25) is 0 Å². The minimum absolute atomic E-state index is 0.0464. The van der Waals surface area contributed by atoms with Crippen LogP contribution in [0.3, 0.4) is 0 Å². The van der Waals surface area contributed by atoms with Gasteiger partial charge in [0.05, 0.1) is 13.2 Å². The van der Waals surface area contributed by atoms with Crippen LogP contribution in [0.5, 0.6) is 0 Å². The molecule has 3 N–H and O–H groups in total. The summed E-state index contributed by atoms with van der Waals surface area (Å²) in [7, 11) is -4.39. The van der Waals surface area contributed by atoms with E-state index in [9.17, 15) is 19.0 Å². The van der Waals surface area contributed by atoms with Crippen molar-refractivity contribution < 1.29 is 37.6 Å². The lowest BCUT2D eigenvalue weighted by Gasteiger charge is -2.19. The summed E-state index contributed by atoms with van der Waals surface area (Å²) in [5.74, 6) is -0.887. The Morgan fingerprint density at radius 2 is 0.945 bits per heavy atom. The van der Waals surface area contributed by atoms with Gasteiger partial charge >= 0.3 is 19.8 Å². The van der Waals surface area contributed by atoms with Crippen molar-refractivity contribution in [2.45, 2.75) is 213 Å². The minimum Gasteiger partial charge on any atom is -0.462 e. The van der Waals surface area contributed by atoms with Gasteiger partial charge in [-0.25, -0.2) is 4.57 Å². The molecule has 1 unspecified atom stereocenters. The second kappa shape index (κ2) is 41.9. The van der Waals surface area contributed by atoms with Crippen molar-refractivity contribution in [3.05, 3.63) is 36.5 Å². The number of phosphoric acid groups is 1. The largest absolute Gasteiger partial charge is 0.472 e. The van der Waals surface area contributed by atoms with Crippen molar-refractivity contribution in [1.82, 2.24) is 0 Å². The van der Waals surface area contributed by atoms with Crippen molar-refractivity contribution in [2.75, 3.05) is 26.4 Å². The molecule has 2 atom stereocenters. The summed E-state index contributed by atoms with van der Waals surface area (Å²) in [6.07, 6.45) is 46.3. The number of hydrogen-bond donors (Lipinski definition) is 2. The van der Waals surface area contributed by atoms with Gasteiger partial charge in [-0.1, -0.05) is 166 Å². The number of carbonyl (C=O) groups excluding carboxylic acids is 2. The first-order chi connectivity index (χ1) is 26.8. The van der Waals surface area contributed by atoms with E-state index in [0.717, 1.165) is 64.2 Å². The fourth-order valence-electron chi connectivity index (χ4n) is 6.11. The van der Waals surface area contributed by atoms with E-state index in [-0.39, 0.29) is 32.6 Å². The lowest BCUT2D eigenvalue weighted by atomic mass is 10.0. The molecule has 0 saturated carbocycles. The minimum atomic E-state index is -4.39. The fourth-order valence-corrected chi connectivity index (χ4v) is 6.87. The summed E-state index contributed by atoms with van der Waals surface area (Å²) in [4.78, 5) is 34.8. The molecular formula is C45H84NO8P. The summed E-state index contributed by atoms with van der Waals surface area (Å²) in [5.41, 5.74) is 5.34. The molecule has 0 amide bonds. The Hall–Kier alpha value is -1.77. The number of carbonyl (C=O) groups is 2. The molecule has 55 heavy (non-hydrogen) atoms. The highest BCUT2D eigenvalue weighted by Crippen LogP contribution is 2.43. The molecule has 0 heterocycles. The highest BCUT2D eigenvalue weighted by Gasteiger charge is 2.25. The summed E-state index contributed by atoms with van der Waals surface area (Å²) in [5, 5.41) is 0. The first kappa shape index (κ1) is 53.2. The van der Waals surface area contributed by atoms with Crippen molar-refractivity contribution >= 4 is 19.8 Å². The highest BCUT2D eigenvalue weighted by atomic mass is 31.2. The maximum absolute atomic E-state index is 12.6. The third kappa shape index (κ3) is 41.7. The highest BCUT2D eigenvalue weighted by molar-refractivity contribution is 7.47. The third-order valence-electron chi connectivity index (χ3n) is 9.48.